The van der Waals surface area contributed by atoms with Crippen molar-refractivity contribution in [1.82, 2.24) is 5.32 Å². The van der Waals surface area contributed by atoms with E-state index in [4.69, 9.17) is 4.74 Å². The van der Waals surface area contributed by atoms with Crippen LogP contribution in [0.5, 0.6) is 0 Å². The SMILES string of the molecule is CCOC1CC(NC2CCS(=O)CC2)C12CCCCC2. The summed E-state index contributed by atoms with van der Waals surface area (Å²) >= 11 is 0. The Bertz CT molecular complexity index is 344. The highest BCUT2D eigenvalue weighted by Crippen LogP contribution is 2.53. The van der Waals surface area contributed by atoms with Gasteiger partial charge in [-0.25, -0.2) is 0 Å². The molecule has 3 fully saturated rings. The lowest BCUT2D eigenvalue weighted by molar-refractivity contribution is -0.152. The molecule has 2 saturated carbocycles. The van der Waals surface area contributed by atoms with E-state index in [-0.39, 0.29) is 0 Å². The molecule has 0 amide bonds. The van der Waals surface area contributed by atoms with Gasteiger partial charge in [-0.2, -0.15) is 0 Å². The summed E-state index contributed by atoms with van der Waals surface area (Å²) in [6.07, 6.45) is 10.7. The molecule has 1 spiro atoms. The minimum Gasteiger partial charge on any atom is -0.378 e. The minimum atomic E-state index is -0.548. The zero-order chi connectivity index (χ0) is 14.0. The van der Waals surface area contributed by atoms with Crippen molar-refractivity contribution in [1.29, 1.82) is 0 Å². The molecule has 116 valence electrons. The smallest absolute Gasteiger partial charge is 0.0661 e. The van der Waals surface area contributed by atoms with Crippen LogP contribution in [0.3, 0.4) is 0 Å². The molecule has 20 heavy (non-hydrogen) atoms. The van der Waals surface area contributed by atoms with E-state index in [9.17, 15) is 4.21 Å². The second kappa shape index (κ2) is 6.45. The van der Waals surface area contributed by atoms with Crippen LogP contribution in [0.2, 0.25) is 0 Å². The number of hydrogen-bond acceptors (Lipinski definition) is 3. The largest absolute Gasteiger partial charge is 0.378 e. The molecule has 3 rings (SSSR count). The molecule has 0 aromatic rings. The van der Waals surface area contributed by atoms with Crippen molar-refractivity contribution in [2.75, 3.05) is 18.1 Å². The summed E-state index contributed by atoms with van der Waals surface area (Å²) in [6.45, 7) is 2.97. The molecule has 0 aromatic heterocycles. The van der Waals surface area contributed by atoms with Crippen LogP contribution in [0.15, 0.2) is 0 Å². The molecule has 1 aliphatic heterocycles. The van der Waals surface area contributed by atoms with Gasteiger partial charge in [0.05, 0.1) is 6.10 Å². The van der Waals surface area contributed by atoms with Crippen molar-refractivity contribution in [2.24, 2.45) is 5.41 Å². The second-order valence-corrected chi connectivity index (χ2v) is 8.51. The topological polar surface area (TPSA) is 38.3 Å². The average Bonchev–Trinajstić information content (AvgIpc) is 2.49. The van der Waals surface area contributed by atoms with Gasteiger partial charge in [0.25, 0.3) is 0 Å². The predicted octanol–water partition coefficient (Wildman–Crippen LogP) is 2.62. The van der Waals surface area contributed by atoms with E-state index in [1.807, 2.05) is 0 Å². The molecule has 1 saturated heterocycles. The lowest BCUT2D eigenvalue weighted by Gasteiger charge is -2.58. The van der Waals surface area contributed by atoms with Crippen molar-refractivity contribution < 1.29 is 8.95 Å². The van der Waals surface area contributed by atoms with Crippen LogP contribution in [0.4, 0.5) is 0 Å². The van der Waals surface area contributed by atoms with E-state index >= 15 is 0 Å². The van der Waals surface area contributed by atoms with Crippen LogP contribution in [0.25, 0.3) is 0 Å². The number of rotatable bonds is 4. The molecule has 2 aliphatic carbocycles. The van der Waals surface area contributed by atoms with E-state index in [0.717, 1.165) is 31.0 Å². The third-order valence-electron chi connectivity index (χ3n) is 5.76. The van der Waals surface area contributed by atoms with Gasteiger partial charge in [0.2, 0.25) is 0 Å². The van der Waals surface area contributed by atoms with Crippen molar-refractivity contribution in [3.63, 3.8) is 0 Å². The van der Waals surface area contributed by atoms with Crippen molar-refractivity contribution in [3.8, 4) is 0 Å². The molecular weight excluding hydrogens is 270 g/mol. The quantitative estimate of drug-likeness (QED) is 0.867. The highest BCUT2D eigenvalue weighted by molar-refractivity contribution is 7.85. The van der Waals surface area contributed by atoms with Crippen LogP contribution < -0.4 is 5.32 Å². The van der Waals surface area contributed by atoms with E-state index in [0.29, 0.717) is 23.6 Å². The first-order valence-corrected chi connectivity index (χ1v) is 9.96. The fourth-order valence-electron chi connectivity index (χ4n) is 4.54. The Hall–Kier alpha value is 0.0700. The molecule has 3 aliphatic rings. The Kier molecular flexibility index (Phi) is 4.83. The van der Waals surface area contributed by atoms with Gasteiger partial charge < -0.3 is 10.1 Å². The molecule has 0 radical (unpaired) electrons. The highest BCUT2D eigenvalue weighted by Gasteiger charge is 2.55. The Labute approximate surface area is 125 Å². The number of nitrogens with one attached hydrogen (secondary N) is 1. The van der Waals surface area contributed by atoms with Crippen molar-refractivity contribution >= 4 is 10.8 Å². The van der Waals surface area contributed by atoms with Crippen LogP contribution in [0.1, 0.15) is 58.3 Å². The Morgan fingerprint density at radius 2 is 1.90 bits per heavy atom. The summed E-state index contributed by atoms with van der Waals surface area (Å²) in [6, 6.07) is 1.25. The van der Waals surface area contributed by atoms with E-state index in [1.54, 1.807) is 0 Å². The second-order valence-electron chi connectivity index (χ2n) is 6.82. The van der Waals surface area contributed by atoms with Crippen molar-refractivity contribution in [3.05, 3.63) is 0 Å². The summed E-state index contributed by atoms with van der Waals surface area (Å²) in [7, 11) is -0.548. The minimum absolute atomic E-state index is 0.421. The van der Waals surface area contributed by atoms with Gasteiger partial charge in [-0.05, 0) is 39.0 Å². The number of ether oxygens (including phenoxy) is 1. The van der Waals surface area contributed by atoms with Crippen LogP contribution >= 0.6 is 0 Å². The Balaban J connectivity index is 1.59. The van der Waals surface area contributed by atoms with Gasteiger partial charge in [-0.1, -0.05) is 19.3 Å². The van der Waals surface area contributed by atoms with Gasteiger partial charge in [0.1, 0.15) is 0 Å². The highest BCUT2D eigenvalue weighted by atomic mass is 32.2. The maximum Gasteiger partial charge on any atom is 0.0661 e. The molecular formula is C16H29NO2S. The Morgan fingerprint density at radius 1 is 1.20 bits per heavy atom. The molecule has 3 nitrogen and oxygen atoms in total. The van der Waals surface area contributed by atoms with Crippen LogP contribution in [-0.2, 0) is 15.5 Å². The van der Waals surface area contributed by atoms with Gasteiger partial charge in [-0.15, -0.1) is 0 Å². The molecule has 0 bridgehead atoms. The molecule has 1 N–H and O–H groups in total. The van der Waals surface area contributed by atoms with E-state index in [2.05, 4.69) is 12.2 Å². The predicted molar refractivity (Wildman–Crippen MR) is 83.4 cm³/mol. The number of hydrogen-bond donors (Lipinski definition) is 1. The summed E-state index contributed by atoms with van der Waals surface area (Å²) in [5.41, 5.74) is 0.421. The maximum absolute atomic E-state index is 11.5. The summed E-state index contributed by atoms with van der Waals surface area (Å²) in [4.78, 5) is 0. The standard InChI is InChI=1S/C16H29NO2S/c1-2-19-15-12-14(16(15)8-4-3-5-9-16)17-13-6-10-20(18)11-7-13/h13-15,17H,2-12H2,1H3. The summed E-state index contributed by atoms with van der Waals surface area (Å²) in [5, 5.41) is 3.91. The fourth-order valence-corrected chi connectivity index (χ4v) is 5.84. The molecule has 0 aromatic carbocycles. The zero-order valence-electron chi connectivity index (χ0n) is 12.7. The fraction of sp³-hybridized carbons (Fsp3) is 1.00. The first kappa shape index (κ1) is 15.0. The van der Waals surface area contributed by atoms with Gasteiger partial charge >= 0.3 is 0 Å². The Morgan fingerprint density at radius 3 is 2.55 bits per heavy atom. The monoisotopic (exact) mass is 299 g/mol. The third kappa shape index (κ3) is 2.84. The average molecular weight is 299 g/mol. The zero-order valence-corrected chi connectivity index (χ0v) is 13.6. The van der Waals surface area contributed by atoms with Crippen molar-refractivity contribution in [2.45, 2.75) is 76.5 Å². The first-order valence-electron chi connectivity index (χ1n) is 8.47. The van der Waals surface area contributed by atoms with Gasteiger partial charge in [-0.3, -0.25) is 4.21 Å². The van der Waals surface area contributed by atoms with E-state index < -0.39 is 10.8 Å². The van der Waals surface area contributed by atoms with Crippen LogP contribution in [-0.4, -0.2) is 40.5 Å². The molecule has 2 atom stereocenters. The summed E-state index contributed by atoms with van der Waals surface area (Å²) in [5.74, 6) is 1.79. The van der Waals surface area contributed by atoms with Crippen LogP contribution in [0, 0.1) is 5.41 Å². The maximum atomic E-state index is 11.5. The molecule has 4 heteroatoms. The third-order valence-corrected chi connectivity index (χ3v) is 7.14. The summed E-state index contributed by atoms with van der Waals surface area (Å²) < 4.78 is 17.5. The lowest BCUT2D eigenvalue weighted by Crippen LogP contribution is -2.66. The molecule has 1 heterocycles. The lowest BCUT2D eigenvalue weighted by atomic mass is 9.55. The van der Waals surface area contributed by atoms with E-state index in [1.165, 1.54) is 38.5 Å². The van der Waals surface area contributed by atoms with Gasteiger partial charge in [0, 0.05) is 46.4 Å². The molecule has 2 unspecified atom stereocenters. The first-order chi connectivity index (χ1) is 9.74. The normalized spacial score (nSPS) is 40.5. The van der Waals surface area contributed by atoms with Gasteiger partial charge in [0.15, 0.2) is 0 Å².